The zero-order valence-electron chi connectivity index (χ0n) is 12.4. The quantitative estimate of drug-likeness (QED) is 0.778. The molecule has 0 N–H and O–H groups in total. The highest BCUT2D eigenvalue weighted by Crippen LogP contribution is 2.28. The predicted molar refractivity (Wildman–Crippen MR) is 81.5 cm³/mol. The molecule has 2 aromatic carbocycles. The Balaban J connectivity index is 2.32. The molecule has 0 amide bonds. The van der Waals surface area contributed by atoms with Crippen LogP contribution in [0.15, 0.2) is 48.5 Å². The summed E-state index contributed by atoms with van der Waals surface area (Å²) in [5.41, 5.74) is 2.39. The molecule has 2 aromatic rings. The van der Waals surface area contributed by atoms with E-state index in [0.29, 0.717) is 5.56 Å². The van der Waals surface area contributed by atoms with E-state index in [9.17, 15) is 4.79 Å². The summed E-state index contributed by atoms with van der Waals surface area (Å²) in [5.74, 6) is 0.874. The molecule has 0 bridgehead atoms. The normalized spacial score (nSPS) is 11.2. The molecule has 0 saturated heterocycles. The van der Waals surface area contributed by atoms with E-state index in [1.165, 1.54) is 5.56 Å². The summed E-state index contributed by atoms with van der Waals surface area (Å²) < 4.78 is 5.12. The van der Waals surface area contributed by atoms with Gasteiger partial charge < -0.3 is 4.74 Å². The molecule has 0 aliphatic heterocycles. The van der Waals surface area contributed by atoms with E-state index < -0.39 is 5.41 Å². The predicted octanol–water partition coefficient (Wildman–Crippen LogP) is 4.16. The van der Waals surface area contributed by atoms with E-state index in [-0.39, 0.29) is 5.78 Å². The molecule has 0 unspecified atom stereocenters. The Hall–Kier alpha value is -2.09. The third-order valence-corrected chi connectivity index (χ3v) is 3.69. The zero-order valence-corrected chi connectivity index (χ0v) is 12.4. The molecule has 0 heterocycles. The van der Waals surface area contributed by atoms with Gasteiger partial charge in [-0.1, -0.05) is 29.8 Å². The van der Waals surface area contributed by atoms with Gasteiger partial charge >= 0.3 is 0 Å². The lowest BCUT2D eigenvalue weighted by Gasteiger charge is -2.24. The summed E-state index contributed by atoms with van der Waals surface area (Å²) >= 11 is 0. The highest BCUT2D eigenvalue weighted by molar-refractivity contribution is 6.03. The fourth-order valence-corrected chi connectivity index (χ4v) is 2.20. The molecule has 0 aliphatic rings. The number of methoxy groups -OCH3 is 1. The number of hydrogen-bond acceptors (Lipinski definition) is 2. The van der Waals surface area contributed by atoms with E-state index in [2.05, 4.69) is 0 Å². The van der Waals surface area contributed by atoms with E-state index in [1.807, 2.05) is 69.3 Å². The van der Waals surface area contributed by atoms with Gasteiger partial charge in [0.15, 0.2) is 5.78 Å². The van der Waals surface area contributed by atoms with Crippen molar-refractivity contribution in [2.75, 3.05) is 7.11 Å². The lowest BCUT2D eigenvalue weighted by atomic mass is 9.78. The first kappa shape index (κ1) is 14.3. The van der Waals surface area contributed by atoms with Gasteiger partial charge in [-0.2, -0.15) is 0 Å². The number of ketones is 1. The number of Topliss-reactive ketones (excluding diaryl/α,β-unsaturated/α-hetero) is 1. The maximum atomic E-state index is 12.7. The Morgan fingerprint density at radius 1 is 0.950 bits per heavy atom. The second-order valence-corrected chi connectivity index (χ2v) is 5.55. The van der Waals surface area contributed by atoms with Crippen LogP contribution < -0.4 is 4.74 Å². The van der Waals surface area contributed by atoms with Crippen LogP contribution in [0.1, 0.15) is 35.3 Å². The Labute approximate surface area is 120 Å². The topological polar surface area (TPSA) is 26.3 Å². The van der Waals surface area contributed by atoms with E-state index in [1.54, 1.807) is 7.11 Å². The smallest absolute Gasteiger partial charge is 0.172 e. The zero-order chi connectivity index (χ0) is 14.8. The fraction of sp³-hybridized carbons (Fsp3) is 0.278. The second-order valence-electron chi connectivity index (χ2n) is 5.55. The van der Waals surface area contributed by atoms with Crippen molar-refractivity contribution in [3.63, 3.8) is 0 Å². The van der Waals surface area contributed by atoms with Crippen LogP contribution in [-0.2, 0) is 5.41 Å². The van der Waals surface area contributed by atoms with Crippen LogP contribution >= 0.6 is 0 Å². The second kappa shape index (κ2) is 5.49. The van der Waals surface area contributed by atoms with Gasteiger partial charge in [-0.3, -0.25) is 4.79 Å². The molecule has 2 heteroatoms. The third kappa shape index (κ3) is 2.74. The molecular weight excluding hydrogens is 248 g/mol. The summed E-state index contributed by atoms with van der Waals surface area (Å²) in [5, 5.41) is 0. The van der Waals surface area contributed by atoms with Crippen LogP contribution in [0.5, 0.6) is 5.75 Å². The Kier molecular flexibility index (Phi) is 3.93. The minimum atomic E-state index is -0.539. The molecule has 0 radical (unpaired) electrons. The van der Waals surface area contributed by atoms with E-state index in [0.717, 1.165) is 11.3 Å². The van der Waals surface area contributed by atoms with Gasteiger partial charge in [-0.25, -0.2) is 0 Å². The fourth-order valence-electron chi connectivity index (χ4n) is 2.20. The third-order valence-electron chi connectivity index (χ3n) is 3.69. The van der Waals surface area contributed by atoms with Crippen molar-refractivity contribution in [3.05, 3.63) is 65.2 Å². The molecule has 2 rings (SSSR count). The van der Waals surface area contributed by atoms with Gasteiger partial charge in [-0.15, -0.1) is 0 Å². The lowest BCUT2D eigenvalue weighted by Crippen LogP contribution is -2.29. The van der Waals surface area contributed by atoms with Gasteiger partial charge in [0, 0.05) is 5.56 Å². The summed E-state index contributed by atoms with van der Waals surface area (Å²) in [4.78, 5) is 12.7. The highest BCUT2D eigenvalue weighted by atomic mass is 16.5. The first-order chi connectivity index (χ1) is 9.45. The summed E-state index contributed by atoms with van der Waals surface area (Å²) in [7, 11) is 1.62. The number of carbonyl (C=O) groups is 1. The average Bonchev–Trinajstić information content (AvgIpc) is 2.47. The molecule has 0 aromatic heterocycles. The van der Waals surface area contributed by atoms with Crippen molar-refractivity contribution in [2.24, 2.45) is 0 Å². The van der Waals surface area contributed by atoms with Gasteiger partial charge in [0.25, 0.3) is 0 Å². The Bertz CT molecular complexity index is 592. The number of rotatable bonds is 4. The van der Waals surface area contributed by atoms with Crippen molar-refractivity contribution in [2.45, 2.75) is 26.2 Å². The van der Waals surface area contributed by atoms with Crippen molar-refractivity contribution >= 4 is 5.78 Å². The lowest BCUT2D eigenvalue weighted by molar-refractivity contribution is 0.0908. The minimum Gasteiger partial charge on any atom is -0.497 e. The molecule has 0 spiro atoms. The molecule has 2 nitrogen and oxygen atoms in total. The first-order valence-corrected chi connectivity index (χ1v) is 6.71. The van der Waals surface area contributed by atoms with Crippen LogP contribution in [0.2, 0.25) is 0 Å². The minimum absolute atomic E-state index is 0.115. The number of ether oxygens (including phenoxy) is 1. The molecule has 0 atom stereocenters. The van der Waals surface area contributed by atoms with E-state index in [4.69, 9.17) is 4.74 Å². The highest BCUT2D eigenvalue weighted by Gasteiger charge is 2.30. The van der Waals surface area contributed by atoms with Gasteiger partial charge in [0.2, 0.25) is 0 Å². The standard InChI is InChI=1S/C18H20O2/c1-13-5-9-15(10-6-13)18(2,3)17(19)14-7-11-16(20-4)12-8-14/h5-12H,1-4H3. The molecule has 0 aliphatic carbocycles. The summed E-state index contributed by atoms with van der Waals surface area (Å²) in [6.45, 7) is 5.97. The van der Waals surface area contributed by atoms with Crippen LogP contribution in [0.4, 0.5) is 0 Å². The molecule has 20 heavy (non-hydrogen) atoms. The first-order valence-electron chi connectivity index (χ1n) is 6.71. The molecule has 104 valence electrons. The van der Waals surface area contributed by atoms with Crippen LogP contribution in [0, 0.1) is 6.92 Å². The maximum absolute atomic E-state index is 12.7. The number of hydrogen-bond donors (Lipinski definition) is 0. The van der Waals surface area contributed by atoms with Crippen LogP contribution in [0.25, 0.3) is 0 Å². The number of aryl methyl sites for hydroxylation is 1. The summed E-state index contributed by atoms with van der Waals surface area (Å²) in [6.07, 6.45) is 0. The Morgan fingerprint density at radius 3 is 2.00 bits per heavy atom. The average molecular weight is 268 g/mol. The molecule has 0 saturated carbocycles. The molecular formula is C18H20O2. The van der Waals surface area contributed by atoms with Crippen LogP contribution in [0.3, 0.4) is 0 Å². The van der Waals surface area contributed by atoms with Crippen molar-refractivity contribution in [3.8, 4) is 5.75 Å². The Morgan fingerprint density at radius 2 is 1.50 bits per heavy atom. The number of carbonyl (C=O) groups excluding carboxylic acids is 1. The summed E-state index contributed by atoms with van der Waals surface area (Å²) in [6, 6.07) is 15.4. The van der Waals surface area contributed by atoms with Crippen molar-refractivity contribution < 1.29 is 9.53 Å². The van der Waals surface area contributed by atoms with Gasteiger partial charge in [0.05, 0.1) is 12.5 Å². The van der Waals surface area contributed by atoms with Crippen molar-refractivity contribution in [1.82, 2.24) is 0 Å². The van der Waals surface area contributed by atoms with Crippen molar-refractivity contribution in [1.29, 1.82) is 0 Å². The SMILES string of the molecule is COc1ccc(C(=O)C(C)(C)c2ccc(C)cc2)cc1. The largest absolute Gasteiger partial charge is 0.497 e. The van der Waals surface area contributed by atoms with E-state index >= 15 is 0 Å². The maximum Gasteiger partial charge on any atom is 0.172 e. The van der Waals surface area contributed by atoms with Crippen LogP contribution in [-0.4, -0.2) is 12.9 Å². The molecule has 0 fully saturated rings. The monoisotopic (exact) mass is 268 g/mol. The van der Waals surface area contributed by atoms with Gasteiger partial charge in [-0.05, 0) is 50.6 Å². The number of benzene rings is 2. The van der Waals surface area contributed by atoms with Gasteiger partial charge in [0.1, 0.15) is 5.75 Å².